The van der Waals surface area contributed by atoms with Crippen molar-refractivity contribution in [2.24, 2.45) is 5.92 Å². The zero-order chi connectivity index (χ0) is 11.5. The van der Waals surface area contributed by atoms with Crippen LogP contribution < -0.4 is 5.32 Å². The van der Waals surface area contributed by atoms with E-state index in [1.807, 2.05) is 0 Å². The van der Waals surface area contributed by atoms with Crippen LogP contribution in [0.5, 0.6) is 0 Å². The highest BCUT2D eigenvalue weighted by molar-refractivity contribution is 9.10. The summed E-state index contributed by atoms with van der Waals surface area (Å²) in [4.78, 5) is 1.31. The smallest absolute Gasteiger partial charge is 0.107 e. The molecule has 0 amide bonds. The van der Waals surface area contributed by atoms with Crippen LogP contribution in [0.25, 0.3) is 0 Å². The van der Waals surface area contributed by atoms with Gasteiger partial charge in [0.05, 0.1) is 0 Å². The Bertz CT molecular complexity index is 327. The molecule has 1 aliphatic rings. The third-order valence-corrected chi connectivity index (χ3v) is 5.88. The maximum Gasteiger partial charge on any atom is 0.107 e. The SMILES string of the molecule is C[C@@H](NCc1cc(Br)c(Cl)s1)C1CCCC1. The predicted octanol–water partition coefficient (Wildman–Crippen LogP) is 4.83. The minimum atomic E-state index is 0.627. The van der Waals surface area contributed by atoms with Gasteiger partial charge < -0.3 is 5.32 Å². The van der Waals surface area contributed by atoms with Gasteiger partial charge in [-0.05, 0) is 47.7 Å². The number of thiophene rings is 1. The highest BCUT2D eigenvalue weighted by atomic mass is 79.9. The van der Waals surface area contributed by atoms with Crippen molar-refractivity contribution in [1.29, 1.82) is 0 Å². The number of hydrogen-bond donors (Lipinski definition) is 1. The van der Waals surface area contributed by atoms with Gasteiger partial charge in [-0.25, -0.2) is 0 Å². The van der Waals surface area contributed by atoms with Crippen molar-refractivity contribution < 1.29 is 0 Å². The fourth-order valence-corrected chi connectivity index (χ4v) is 4.11. The van der Waals surface area contributed by atoms with Crippen molar-refractivity contribution in [2.45, 2.75) is 45.2 Å². The van der Waals surface area contributed by atoms with Gasteiger partial charge in [-0.3, -0.25) is 0 Å². The summed E-state index contributed by atoms with van der Waals surface area (Å²) >= 11 is 11.1. The Morgan fingerprint density at radius 3 is 2.81 bits per heavy atom. The van der Waals surface area contributed by atoms with Crippen LogP contribution in [0.1, 0.15) is 37.5 Å². The second kappa shape index (κ2) is 5.85. The minimum Gasteiger partial charge on any atom is -0.309 e. The largest absolute Gasteiger partial charge is 0.309 e. The Morgan fingerprint density at radius 2 is 2.25 bits per heavy atom. The normalized spacial score (nSPS) is 19.2. The van der Waals surface area contributed by atoms with Crippen molar-refractivity contribution >= 4 is 38.9 Å². The van der Waals surface area contributed by atoms with E-state index in [0.29, 0.717) is 6.04 Å². The van der Waals surface area contributed by atoms with E-state index >= 15 is 0 Å². The van der Waals surface area contributed by atoms with Crippen LogP contribution in [0.2, 0.25) is 4.34 Å². The van der Waals surface area contributed by atoms with E-state index < -0.39 is 0 Å². The first-order chi connectivity index (χ1) is 7.66. The van der Waals surface area contributed by atoms with Crippen LogP contribution in [0, 0.1) is 5.92 Å². The Morgan fingerprint density at radius 1 is 1.56 bits per heavy atom. The first-order valence-electron chi connectivity index (χ1n) is 5.84. The van der Waals surface area contributed by atoms with E-state index in [-0.39, 0.29) is 0 Å². The molecule has 1 heterocycles. The molecule has 1 fully saturated rings. The average molecular weight is 323 g/mol. The summed E-state index contributed by atoms with van der Waals surface area (Å²) in [6.07, 6.45) is 5.60. The molecule has 1 nitrogen and oxygen atoms in total. The summed E-state index contributed by atoms with van der Waals surface area (Å²) in [6.45, 7) is 3.24. The molecule has 1 aliphatic carbocycles. The zero-order valence-electron chi connectivity index (χ0n) is 9.43. The lowest BCUT2D eigenvalue weighted by atomic mass is 10.00. The van der Waals surface area contributed by atoms with E-state index in [1.54, 1.807) is 11.3 Å². The van der Waals surface area contributed by atoms with E-state index in [4.69, 9.17) is 11.6 Å². The molecular weight excluding hydrogens is 306 g/mol. The number of rotatable bonds is 4. The summed E-state index contributed by atoms with van der Waals surface area (Å²) < 4.78 is 1.87. The lowest BCUT2D eigenvalue weighted by Gasteiger charge is -2.19. The maximum absolute atomic E-state index is 6.02. The third-order valence-electron chi connectivity index (χ3n) is 3.40. The lowest BCUT2D eigenvalue weighted by Crippen LogP contribution is -2.31. The number of hydrogen-bond acceptors (Lipinski definition) is 2. The summed E-state index contributed by atoms with van der Waals surface area (Å²) in [7, 11) is 0. The van der Waals surface area contributed by atoms with E-state index in [1.165, 1.54) is 30.6 Å². The molecule has 0 aromatic carbocycles. The van der Waals surface area contributed by atoms with Crippen LogP contribution in [0.15, 0.2) is 10.5 Å². The summed E-state index contributed by atoms with van der Waals surface area (Å²) in [5.74, 6) is 0.874. The number of halogens is 2. The minimum absolute atomic E-state index is 0.627. The van der Waals surface area contributed by atoms with E-state index in [2.05, 4.69) is 34.2 Å². The fourth-order valence-electron chi connectivity index (χ4n) is 2.36. The second-order valence-electron chi connectivity index (χ2n) is 4.55. The standard InChI is InChI=1S/C12H17BrClNS/c1-8(9-4-2-3-5-9)15-7-10-6-11(13)12(14)16-10/h6,8-9,15H,2-5,7H2,1H3/t8-/m1/s1. The van der Waals surface area contributed by atoms with Gasteiger partial charge in [0.25, 0.3) is 0 Å². The van der Waals surface area contributed by atoms with Crippen LogP contribution in [-0.2, 0) is 6.54 Å². The quantitative estimate of drug-likeness (QED) is 0.837. The highest BCUT2D eigenvalue weighted by Crippen LogP contribution is 2.32. The molecule has 4 heteroatoms. The monoisotopic (exact) mass is 321 g/mol. The molecule has 16 heavy (non-hydrogen) atoms. The molecule has 0 spiro atoms. The molecule has 2 rings (SSSR count). The molecule has 1 aromatic heterocycles. The molecule has 0 bridgehead atoms. The molecule has 0 radical (unpaired) electrons. The van der Waals surface area contributed by atoms with Gasteiger partial charge in [-0.15, -0.1) is 11.3 Å². The Kier molecular flexibility index (Phi) is 4.71. The van der Waals surface area contributed by atoms with Crippen molar-refractivity contribution in [3.8, 4) is 0 Å². The van der Waals surface area contributed by atoms with Crippen LogP contribution in [-0.4, -0.2) is 6.04 Å². The van der Waals surface area contributed by atoms with Gasteiger partial charge in [0.15, 0.2) is 0 Å². The van der Waals surface area contributed by atoms with Crippen molar-refractivity contribution in [3.63, 3.8) is 0 Å². The Hall–Kier alpha value is 0.430. The molecule has 1 aromatic rings. The van der Waals surface area contributed by atoms with Crippen LogP contribution >= 0.6 is 38.9 Å². The van der Waals surface area contributed by atoms with E-state index in [0.717, 1.165) is 21.3 Å². The first-order valence-corrected chi connectivity index (χ1v) is 7.82. The molecule has 0 unspecified atom stereocenters. The van der Waals surface area contributed by atoms with Gasteiger partial charge in [0.1, 0.15) is 4.34 Å². The van der Waals surface area contributed by atoms with E-state index in [9.17, 15) is 0 Å². The molecule has 1 saturated carbocycles. The Balaban J connectivity index is 1.82. The molecule has 90 valence electrons. The molecule has 1 atom stereocenters. The summed E-state index contributed by atoms with van der Waals surface area (Å²) in [5.41, 5.74) is 0. The van der Waals surface area contributed by atoms with Crippen molar-refractivity contribution in [3.05, 3.63) is 19.8 Å². The number of nitrogens with one attached hydrogen (secondary N) is 1. The van der Waals surface area contributed by atoms with Gasteiger partial charge in [0.2, 0.25) is 0 Å². The fraction of sp³-hybridized carbons (Fsp3) is 0.667. The van der Waals surface area contributed by atoms with Gasteiger partial charge in [-0.2, -0.15) is 0 Å². The highest BCUT2D eigenvalue weighted by Gasteiger charge is 2.21. The van der Waals surface area contributed by atoms with Gasteiger partial charge in [0, 0.05) is 21.9 Å². The molecular formula is C12H17BrClNS. The first kappa shape index (κ1) is 12.9. The van der Waals surface area contributed by atoms with Crippen molar-refractivity contribution in [1.82, 2.24) is 5.32 Å². The Labute approximate surface area is 115 Å². The molecule has 0 saturated heterocycles. The van der Waals surface area contributed by atoms with Crippen LogP contribution in [0.3, 0.4) is 0 Å². The zero-order valence-corrected chi connectivity index (χ0v) is 12.6. The van der Waals surface area contributed by atoms with Crippen molar-refractivity contribution in [2.75, 3.05) is 0 Å². The topological polar surface area (TPSA) is 12.0 Å². The predicted molar refractivity (Wildman–Crippen MR) is 75.3 cm³/mol. The maximum atomic E-state index is 6.02. The average Bonchev–Trinajstić information content (AvgIpc) is 2.86. The summed E-state index contributed by atoms with van der Waals surface area (Å²) in [5, 5.41) is 3.61. The van der Waals surface area contributed by atoms with Crippen LogP contribution in [0.4, 0.5) is 0 Å². The second-order valence-corrected chi connectivity index (χ2v) is 7.14. The van der Waals surface area contributed by atoms with Gasteiger partial charge in [-0.1, -0.05) is 24.4 Å². The van der Waals surface area contributed by atoms with Gasteiger partial charge >= 0.3 is 0 Å². The molecule has 1 N–H and O–H groups in total. The lowest BCUT2D eigenvalue weighted by molar-refractivity contribution is 0.381. The summed E-state index contributed by atoms with van der Waals surface area (Å²) in [6, 6.07) is 2.74. The third kappa shape index (κ3) is 3.22. The molecule has 0 aliphatic heterocycles.